The maximum atomic E-state index is 12.1. The van der Waals surface area contributed by atoms with Crippen LogP contribution in [0.5, 0.6) is 5.75 Å². The molecule has 1 unspecified atom stereocenters. The number of nitrogens with two attached hydrogens (primary N) is 1. The van der Waals surface area contributed by atoms with E-state index in [4.69, 9.17) is 9.88 Å². The van der Waals surface area contributed by atoms with Crippen LogP contribution in [0.2, 0.25) is 0 Å². The Hall–Kier alpha value is -2.13. The second kappa shape index (κ2) is 5.25. The first-order chi connectivity index (χ1) is 10.4. The molecule has 118 valence electrons. The molecule has 1 amide bonds. The molecule has 3 rings (SSSR count). The molecule has 1 aliphatic heterocycles. The first-order valence-corrected chi connectivity index (χ1v) is 8.42. The van der Waals surface area contributed by atoms with Gasteiger partial charge in [0.05, 0.1) is 23.9 Å². The summed E-state index contributed by atoms with van der Waals surface area (Å²) in [7, 11) is -2.03. The Labute approximate surface area is 127 Å². The summed E-state index contributed by atoms with van der Waals surface area (Å²) in [5.74, 6) is 0.404. The average molecular weight is 324 g/mol. The fourth-order valence-corrected chi connectivity index (χ4v) is 3.54. The summed E-state index contributed by atoms with van der Waals surface area (Å²) < 4.78 is 27.5. The number of ether oxygens (including phenoxy) is 1. The molecule has 0 bridgehead atoms. The van der Waals surface area contributed by atoms with E-state index in [1.54, 1.807) is 25.3 Å². The highest BCUT2D eigenvalue weighted by atomic mass is 32.2. The maximum absolute atomic E-state index is 12.1. The van der Waals surface area contributed by atoms with Crippen molar-refractivity contribution in [2.75, 3.05) is 24.3 Å². The minimum absolute atomic E-state index is 0.150. The number of benzene rings is 1. The number of amides is 1. The molecular formula is C13H16N4O4S. The standard InChI is InChI=1S/C13H16N4O4S/c1-21-9-2-3-10-11(5-9)16-13(15-10)17-6-8(4-12(17)18)7-22(14,19)20/h2-3,5,8H,4,6-7H2,1H3,(H,15,16)(H2,14,19,20). The van der Waals surface area contributed by atoms with Crippen molar-refractivity contribution >= 4 is 32.9 Å². The van der Waals surface area contributed by atoms with Gasteiger partial charge in [-0.25, -0.2) is 18.5 Å². The topological polar surface area (TPSA) is 118 Å². The van der Waals surface area contributed by atoms with E-state index in [0.717, 1.165) is 5.52 Å². The lowest BCUT2D eigenvalue weighted by Gasteiger charge is -2.12. The quantitative estimate of drug-likeness (QED) is 0.833. The summed E-state index contributed by atoms with van der Waals surface area (Å²) in [6.45, 7) is 0.284. The van der Waals surface area contributed by atoms with Gasteiger partial charge in [0.2, 0.25) is 21.9 Å². The molecule has 1 aliphatic rings. The number of hydrogen-bond acceptors (Lipinski definition) is 5. The normalized spacial score (nSPS) is 19.1. The Morgan fingerprint density at radius 2 is 2.27 bits per heavy atom. The molecule has 1 atom stereocenters. The molecular weight excluding hydrogens is 308 g/mol. The summed E-state index contributed by atoms with van der Waals surface area (Å²) >= 11 is 0. The number of anilines is 1. The van der Waals surface area contributed by atoms with Crippen LogP contribution in [0.1, 0.15) is 6.42 Å². The fourth-order valence-electron chi connectivity index (χ4n) is 2.66. The lowest BCUT2D eigenvalue weighted by atomic mass is 10.1. The molecule has 9 heteroatoms. The van der Waals surface area contributed by atoms with Crippen molar-refractivity contribution < 1.29 is 17.9 Å². The second-order valence-electron chi connectivity index (χ2n) is 5.35. The van der Waals surface area contributed by atoms with E-state index in [0.29, 0.717) is 17.2 Å². The second-order valence-corrected chi connectivity index (χ2v) is 7.01. The van der Waals surface area contributed by atoms with Gasteiger partial charge in [0, 0.05) is 24.9 Å². The van der Waals surface area contributed by atoms with Crippen LogP contribution < -0.4 is 14.8 Å². The monoisotopic (exact) mass is 324 g/mol. The number of imidazole rings is 1. The smallest absolute Gasteiger partial charge is 0.229 e. The molecule has 1 aromatic heterocycles. The van der Waals surface area contributed by atoms with E-state index in [-0.39, 0.29) is 30.5 Å². The van der Waals surface area contributed by atoms with Gasteiger partial charge < -0.3 is 9.72 Å². The zero-order valence-corrected chi connectivity index (χ0v) is 12.8. The van der Waals surface area contributed by atoms with Crippen molar-refractivity contribution in [3.8, 4) is 5.75 Å². The molecule has 1 aromatic carbocycles. The predicted octanol–water partition coefficient (Wildman–Crippen LogP) is 0.213. The summed E-state index contributed by atoms with van der Waals surface area (Å²) in [6, 6.07) is 5.35. The van der Waals surface area contributed by atoms with Gasteiger partial charge in [-0.3, -0.25) is 9.69 Å². The van der Waals surface area contributed by atoms with Gasteiger partial charge in [0.1, 0.15) is 5.75 Å². The molecule has 0 radical (unpaired) electrons. The predicted molar refractivity (Wildman–Crippen MR) is 81.1 cm³/mol. The van der Waals surface area contributed by atoms with Gasteiger partial charge in [-0.1, -0.05) is 0 Å². The number of carbonyl (C=O) groups is 1. The zero-order valence-electron chi connectivity index (χ0n) is 11.9. The maximum Gasteiger partial charge on any atom is 0.229 e. The van der Waals surface area contributed by atoms with Crippen LogP contribution in [-0.2, 0) is 14.8 Å². The van der Waals surface area contributed by atoms with Gasteiger partial charge in [0.25, 0.3) is 0 Å². The number of aromatic nitrogens is 2. The minimum atomic E-state index is -3.60. The summed E-state index contributed by atoms with van der Waals surface area (Å²) in [5, 5.41) is 5.04. The van der Waals surface area contributed by atoms with E-state index < -0.39 is 10.0 Å². The Balaban J connectivity index is 1.86. The highest BCUT2D eigenvalue weighted by molar-refractivity contribution is 7.89. The molecule has 8 nitrogen and oxygen atoms in total. The number of sulfonamides is 1. The third-order valence-electron chi connectivity index (χ3n) is 3.61. The van der Waals surface area contributed by atoms with Crippen molar-refractivity contribution in [3.63, 3.8) is 0 Å². The van der Waals surface area contributed by atoms with Crippen molar-refractivity contribution in [2.24, 2.45) is 11.1 Å². The number of H-pyrrole nitrogens is 1. The van der Waals surface area contributed by atoms with Gasteiger partial charge in [-0.2, -0.15) is 0 Å². The summed E-state index contributed by atoms with van der Waals surface area (Å²) in [4.78, 5) is 21.0. The van der Waals surface area contributed by atoms with Crippen LogP contribution in [0.4, 0.5) is 5.95 Å². The van der Waals surface area contributed by atoms with Gasteiger partial charge in [-0.05, 0) is 12.1 Å². The van der Waals surface area contributed by atoms with Crippen molar-refractivity contribution in [3.05, 3.63) is 18.2 Å². The van der Waals surface area contributed by atoms with E-state index in [9.17, 15) is 13.2 Å². The lowest BCUT2D eigenvalue weighted by Crippen LogP contribution is -2.28. The molecule has 1 saturated heterocycles. The number of carbonyl (C=O) groups excluding carboxylic acids is 1. The molecule has 2 aromatic rings. The number of nitrogens with zero attached hydrogens (tertiary/aromatic N) is 2. The highest BCUT2D eigenvalue weighted by Gasteiger charge is 2.34. The Kier molecular flexibility index (Phi) is 3.53. The molecule has 0 saturated carbocycles. The van der Waals surface area contributed by atoms with E-state index in [1.165, 1.54) is 4.90 Å². The van der Waals surface area contributed by atoms with E-state index in [1.807, 2.05) is 0 Å². The number of hydrogen-bond donors (Lipinski definition) is 2. The molecule has 2 heterocycles. The Morgan fingerprint density at radius 1 is 1.50 bits per heavy atom. The third-order valence-corrected chi connectivity index (χ3v) is 4.54. The molecule has 22 heavy (non-hydrogen) atoms. The van der Waals surface area contributed by atoms with Gasteiger partial charge in [-0.15, -0.1) is 0 Å². The third kappa shape index (κ3) is 2.90. The Morgan fingerprint density at radius 3 is 2.95 bits per heavy atom. The van der Waals surface area contributed by atoms with E-state index >= 15 is 0 Å². The highest BCUT2D eigenvalue weighted by Crippen LogP contribution is 2.27. The zero-order chi connectivity index (χ0) is 15.9. The summed E-state index contributed by atoms with van der Waals surface area (Å²) in [5.41, 5.74) is 1.45. The first-order valence-electron chi connectivity index (χ1n) is 6.70. The largest absolute Gasteiger partial charge is 0.497 e. The number of rotatable bonds is 4. The number of fused-ring (bicyclic) bond motifs is 1. The summed E-state index contributed by atoms with van der Waals surface area (Å²) in [6.07, 6.45) is 0.150. The molecule has 0 aliphatic carbocycles. The van der Waals surface area contributed by atoms with Crippen molar-refractivity contribution in [1.29, 1.82) is 0 Å². The van der Waals surface area contributed by atoms with Crippen LogP contribution in [0, 0.1) is 5.92 Å². The average Bonchev–Trinajstić information content (AvgIpc) is 2.98. The van der Waals surface area contributed by atoms with Crippen LogP contribution in [0.15, 0.2) is 18.2 Å². The van der Waals surface area contributed by atoms with Gasteiger partial charge >= 0.3 is 0 Å². The van der Waals surface area contributed by atoms with Crippen molar-refractivity contribution in [1.82, 2.24) is 9.97 Å². The van der Waals surface area contributed by atoms with E-state index in [2.05, 4.69) is 9.97 Å². The number of nitrogens with one attached hydrogen (secondary N) is 1. The van der Waals surface area contributed by atoms with Crippen LogP contribution >= 0.6 is 0 Å². The molecule has 1 fully saturated rings. The van der Waals surface area contributed by atoms with Crippen LogP contribution in [0.3, 0.4) is 0 Å². The number of methoxy groups -OCH3 is 1. The number of aromatic amines is 1. The first kappa shape index (κ1) is 14.8. The molecule has 0 spiro atoms. The fraction of sp³-hybridized carbons (Fsp3) is 0.385. The van der Waals surface area contributed by atoms with Crippen LogP contribution in [0.25, 0.3) is 11.0 Å². The lowest BCUT2D eigenvalue weighted by molar-refractivity contribution is -0.117. The molecule has 3 N–H and O–H groups in total. The van der Waals surface area contributed by atoms with Gasteiger partial charge in [0.15, 0.2) is 0 Å². The number of primary sulfonamides is 1. The minimum Gasteiger partial charge on any atom is -0.497 e. The SMILES string of the molecule is COc1ccc2nc(N3CC(CS(N)(=O)=O)CC3=O)[nH]c2c1. The Bertz CT molecular complexity index is 830. The van der Waals surface area contributed by atoms with Crippen molar-refractivity contribution in [2.45, 2.75) is 6.42 Å². The van der Waals surface area contributed by atoms with Crippen LogP contribution in [-0.4, -0.2) is 43.7 Å².